The van der Waals surface area contributed by atoms with Gasteiger partial charge in [0.15, 0.2) is 0 Å². The molecule has 0 saturated heterocycles. The van der Waals surface area contributed by atoms with Gasteiger partial charge >= 0.3 is 0 Å². The van der Waals surface area contributed by atoms with E-state index in [1.54, 1.807) is 12.1 Å². The second kappa shape index (κ2) is 6.51. The van der Waals surface area contributed by atoms with Crippen molar-refractivity contribution in [3.8, 4) is 0 Å². The number of nitro groups is 2. The van der Waals surface area contributed by atoms with Gasteiger partial charge in [0.2, 0.25) is 0 Å². The van der Waals surface area contributed by atoms with Crippen LogP contribution in [0.2, 0.25) is 10.0 Å². The molecule has 1 heterocycles. The Kier molecular flexibility index (Phi) is 4.28. The highest BCUT2D eigenvalue weighted by Crippen LogP contribution is 2.52. The quantitative estimate of drug-likeness (QED) is 0.404. The number of non-ortho nitro benzene ring substituents is 1. The fourth-order valence-corrected chi connectivity index (χ4v) is 4.40. The molecule has 138 valence electrons. The number of anilines is 1. The van der Waals surface area contributed by atoms with Crippen LogP contribution < -0.4 is 5.32 Å². The van der Waals surface area contributed by atoms with Crippen molar-refractivity contribution >= 4 is 40.3 Å². The smallest absolute Gasteiger partial charge is 0.288 e. The lowest BCUT2D eigenvalue weighted by molar-refractivity contribution is -0.385. The molecule has 0 spiro atoms. The molecule has 27 heavy (non-hydrogen) atoms. The van der Waals surface area contributed by atoms with Crippen molar-refractivity contribution in [1.82, 2.24) is 0 Å². The summed E-state index contributed by atoms with van der Waals surface area (Å²) in [5, 5.41) is 26.1. The van der Waals surface area contributed by atoms with Crippen molar-refractivity contribution in [2.45, 2.75) is 18.4 Å². The van der Waals surface area contributed by atoms with Crippen molar-refractivity contribution in [3.05, 3.63) is 83.9 Å². The average Bonchev–Trinajstić information content (AvgIpc) is 3.11. The van der Waals surface area contributed by atoms with Gasteiger partial charge in [0.1, 0.15) is 5.02 Å². The fourth-order valence-electron chi connectivity index (χ4n) is 3.94. The lowest BCUT2D eigenvalue weighted by Crippen LogP contribution is -2.29. The molecule has 7 nitrogen and oxygen atoms in total. The number of hydrogen-bond donors (Lipinski definition) is 1. The average molecular weight is 406 g/mol. The van der Waals surface area contributed by atoms with E-state index in [1.165, 1.54) is 18.2 Å². The lowest BCUT2D eigenvalue weighted by atomic mass is 9.77. The summed E-state index contributed by atoms with van der Waals surface area (Å²) in [7, 11) is 0. The molecule has 2 aliphatic rings. The first-order valence-corrected chi connectivity index (χ1v) is 8.97. The van der Waals surface area contributed by atoms with Gasteiger partial charge in [0.05, 0.1) is 26.6 Å². The van der Waals surface area contributed by atoms with Gasteiger partial charge in [-0.2, -0.15) is 0 Å². The monoisotopic (exact) mass is 405 g/mol. The van der Waals surface area contributed by atoms with Crippen LogP contribution in [0, 0.1) is 26.1 Å². The first kappa shape index (κ1) is 17.8. The number of nitrogens with one attached hydrogen (secondary N) is 1. The van der Waals surface area contributed by atoms with Gasteiger partial charge in [-0.25, -0.2) is 0 Å². The maximum absolute atomic E-state index is 11.2. The molecular formula is C18H13Cl2N3O4. The zero-order valence-corrected chi connectivity index (χ0v) is 15.3. The highest BCUT2D eigenvalue weighted by atomic mass is 35.5. The van der Waals surface area contributed by atoms with Crippen LogP contribution >= 0.6 is 23.2 Å². The topological polar surface area (TPSA) is 98.3 Å². The first-order valence-electron chi connectivity index (χ1n) is 8.21. The number of nitrogens with zero attached hydrogens (tertiary/aromatic N) is 2. The first-order chi connectivity index (χ1) is 12.9. The molecule has 0 saturated carbocycles. The van der Waals surface area contributed by atoms with Gasteiger partial charge in [0, 0.05) is 24.1 Å². The van der Waals surface area contributed by atoms with Crippen molar-refractivity contribution < 1.29 is 9.85 Å². The Labute approximate surface area is 163 Å². The molecule has 0 fully saturated rings. The van der Waals surface area contributed by atoms with Gasteiger partial charge in [-0.05, 0) is 29.5 Å². The van der Waals surface area contributed by atoms with E-state index < -0.39 is 9.85 Å². The van der Waals surface area contributed by atoms with Gasteiger partial charge in [-0.3, -0.25) is 20.2 Å². The zero-order valence-electron chi connectivity index (χ0n) is 13.8. The summed E-state index contributed by atoms with van der Waals surface area (Å²) < 4.78 is 0. The maximum Gasteiger partial charge on any atom is 0.288 e. The Bertz CT molecular complexity index is 1010. The minimum Gasteiger partial charge on any atom is -0.376 e. The maximum atomic E-state index is 11.2. The Balaban J connectivity index is 1.82. The van der Waals surface area contributed by atoms with Crippen LogP contribution in [0.15, 0.2) is 42.5 Å². The Morgan fingerprint density at radius 3 is 2.52 bits per heavy atom. The van der Waals surface area contributed by atoms with E-state index in [0.717, 1.165) is 17.5 Å². The van der Waals surface area contributed by atoms with Crippen LogP contribution in [0.1, 0.15) is 29.5 Å². The summed E-state index contributed by atoms with van der Waals surface area (Å²) in [4.78, 5) is 21.4. The molecule has 0 bridgehead atoms. The van der Waals surface area contributed by atoms with E-state index in [2.05, 4.69) is 5.32 Å². The number of allylic oxidation sites excluding steroid dienone is 2. The van der Waals surface area contributed by atoms with E-state index in [0.29, 0.717) is 5.69 Å². The standard InChI is InChI=1S/C18H13Cl2N3O4/c19-14-5-4-9(6-16(14)23(26)27)17-12-3-1-2-11(12)13-7-10(22(24)25)8-15(20)18(13)21-17/h1-2,4-8,11-12,17,21H,3H2/t11-,12-,17+/m1/s1. The molecule has 3 atom stereocenters. The summed E-state index contributed by atoms with van der Waals surface area (Å²) in [6, 6.07) is 7.37. The normalized spacial score (nSPS) is 22.7. The molecule has 0 radical (unpaired) electrons. The summed E-state index contributed by atoms with van der Waals surface area (Å²) in [5.74, 6) is 0.00901. The molecule has 2 aromatic carbocycles. The summed E-state index contributed by atoms with van der Waals surface area (Å²) in [6.07, 6.45) is 4.79. The Hall–Kier alpha value is -2.64. The van der Waals surface area contributed by atoms with Crippen LogP contribution in [0.4, 0.5) is 17.1 Å². The minimum atomic E-state index is -0.511. The third-order valence-electron chi connectivity index (χ3n) is 5.14. The third kappa shape index (κ3) is 2.93. The predicted molar refractivity (Wildman–Crippen MR) is 103 cm³/mol. The Morgan fingerprint density at radius 1 is 1.04 bits per heavy atom. The van der Waals surface area contributed by atoms with Crippen molar-refractivity contribution in [2.75, 3.05) is 5.32 Å². The van der Waals surface area contributed by atoms with Crippen LogP contribution in [0.25, 0.3) is 0 Å². The molecule has 0 amide bonds. The summed E-state index contributed by atoms with van der Waals surface area (Å²) >= 11 is 12.3. The number of benzene rings is 2. The third-order valence-corrected chi connectivity index (χ3v) is 5.76. The van der Waals surface area contributed by atoms with Gasteiger partial charge < -0.3 is 5.32 Å². The van der Waals surface area contributed by atoms with Crippen LogP contribution in [0.5, 0.6) is 0 Å². The number of nitro benzene ring substituents is 2. The molecule has 2 aromatic rings. The highest BCUT2D eigenvalue weighted by molar-refractivity contribution is 6.33. The summed E-state index contributed by atoms with van der Waals surface area (Å²) in [6.45, 7) is 0. The van der Waals surface area contributed by atoms with Gasteiger partial charge in [-0.1, -0.05) is 41.4 Å². The molecule has 1 aliphatic carbocycles. The molecule has 1 N–H and O–H groups in total. The van der Waals surface area contributed by atoms with Crippen molar-refractivity contribution in [1.29, 1.82) is 0 Å². The Morgan fingerprint density at radius 2 is 1.81 bits per heavy atom. The van der Waals surface area contributed by atoms with E-state index in [1.807, 2.05) is 12.2 Å². The van der Waals surface area contributed by atoms with E-state index in [-0.39, 0.29) is 39.3 Å². The molecule has 9 heteroatoms. The molecule has 4 rings (SSSR count). The van der Waals surface area contributed by atoms with Gasteiger partial charge in [-0.15, -0.1) is 0 Å². The van der Waals surface area contributed by atoms with Crippen LogP contribution in [0.3, 0.4) is 0 Å². The second-order valence-corrected chi connectivity index (χ2v) is 7.41. The highest BCUT2D eigenvalue weighted by Gasteiger charge is 2.40. The number of halogens is 2. The molecule has 0 unspecified atom stereocenters. The number of fused-ring (bicyclic) bond motifs is 3. The predicted octanol–water partition coefficient (Wildman–Crippen LogP) is 5.64. The zero-order chi connectivity index (χ0) is 19.3. The van der Waals surface area contributed by atoms with E-state index in [9.17, 15) is 20.2 Å². The largest absolute Gasteiger partial charge is 0.376 e. The lowest BCUT2D eigenvalue weighted by Gasteiger charge is -2.37. The minimum absolute atomic E-state index is 0.0554. The number of hydrogen-bond acceptors (Lipinski definition) is 5. The van der Waals surface area contributed by atoms with E-state index in [4.69, 9.17) is 23.2 Å². The second-order valence-electron chi connectivity index (χ2n) is 6.59. The molecule has 1 aliphatic heterocycles. The number of rotatable bonds is 3. The molecular weight excluding hydrogens is 393 g/mol. The SMILES string of the molecule is O=[N+]([O-])c1cc(Cl)c2c(c1)[C@@H]1C=CC[C@H]1[C@H](c1ccc(Cl)c([N+](=O)[O-])c1)N2. The van der Waals surface area contributed by atoms with E-state index >= 15 is 0 Å². The van der Waals surface area contributed by atoms with Crippen LogP contribution in [-0.2, 0) is 0 Å². The fraction of sp³-hybridized carbons (Fsp3) is 0.222. The van der Waals surface area contributed by atoms with Crippen molar-refractivity contribution in [2.24, 2.45) is 5.92 Å². The van der Waals surface area contributed by atoms with Crippen molar-refractivity contribution in [3.63, 3.8) is 0 Å². The van der Waals surface area contributed by atoms with Crippen LogP contribution in [-0.4, -0.2) is 9.85 Å². The van der Waals surface area contributed by atoms with Gasteiger partial charge in [0.25, 0.3) is 11.4 Å². The molecule has 0 aromatic heterocycles. The summed E-state index contributed by atoms with van der Waals surface area (Å²) in [5.41, 5.74) is 1.91.